The first-order chi connectivity index (χ1) is 15.4. The molecule has 0 rings (SSSR count). The van der Waals surface area contributed by atoms with Crippen LogP contribution in [0.3, 0.4) is 0 Å². The number of unbranched alkanes of at least 4 members (excludes halogenated alkanes) is 26. The van der Waals surface area contributed by atoms with Crippen molar-refractivity contribution in [2.24, 2.45) is 0 Å². The molecular weight excluding hydrogens is 372 g/mol. The largest absolute Gasteiger partial charge is 0.0917 e. The molecule has 31 heavy (non-hydrogen) atoms. The summed E-state index contributed by atoms with van der Waals surface area (Å²) < 4.78 is 0. The van der Waals surface area contributed by atoms with Crippen LogP contribution in [0.2, 0.25) is 0 Å². The second kappa shape index (κ2) is 29.7. The molecule has 0 heteroatoms. The zero-order valence-electron chi connectivity index (χ0n) is 22.2. The molecule has 0 aliphatic heterocycles. The molecule has 0 unspecified atom stereocenters. The Labute approximate surface area is 199 Å². The van der Waals surface area contributed by atoms with Gasteiger partial charge in [-0.05, 0) is 19.8 Å². The van der Waals surface area contributed by atoms with Gasteiger partial charge in [0.2, 0.25) is 0 Å². The maximum atomic E-state index is 2.30. The van der Waals surface area contributed by atoms with Gasteiger partial charge in [-0.15, -0.1) is 0 Å². The molecular formula is C31H62. The van der Waals surface area contributed by atoms with E-state index in [1.54, 1.807) is 0 Å². The van der Waals surface area contributed by atoms with Gasteiger partial charge < -0.3 is 0 Å². The molecule has 0 spiro atoms. The Morgan fingerprint density at radius 1 is 0.323 bits per heavy atom. The summed E-state index contributed by atoms with van der Waals surface area (Å²) in [6, 6.07) is 0. The molecule has 0 saturated heterocycles. The summed E-state index contributed by atoms with van der Waals surface area (Å²) in [4.78, 5) is 0. The van der Waals surface area contributed by atoms with Gasteiger partial charge in [0.15, 0.2) is 0 Å². The van der Waals surface area contributed by atoms with Crippen LogP contribution in [0.1, 0.15) is 187 Å². The minimum atomic E-state index is 1.29. The van der Waals surface area contributed by atoms with E-state index in [2.05, 4.69) is 26.0 Å². The van der Waals surface area contributed by atoms with Gasteiger partial charge in [0.25, 0.3) is 0 Å². The van der Waals surface area contributed by atoms with E-state index in [4.69, 9.17) is 0 Å². The fraction of sp³-hybridized carbons (Fsp3) is 0.935. The van der Waals surface area contributed by atoms with Crippen molar-refractivity contribution < 1.29 is 0 Å². The van der Waals surface area contributed by atoms with E-state index >= 15 is 0 Å². The van der Waals surface area contributed by atoms with Crippen LogP contribution >= 0.6 is 0 Å². The first kappa shape index (κ1) is 30.7. The molecule has 0 bridgehead atoms. The summed E-state index contributed by atoms with van der Waals surface area (Å²) in [5.41, 5.74) is 0. The fourth-order valence-corrected chi connectivity index (χ4v) is 4.74. The molecule has 0 atom stereocenters. The van der Waals surface area contributed by atoms with Gasteiger partial charge in [0, 0.05) is 0 Å². The normalized spacial score (nSPS) is 11.7. The first-order valence-corrected chi connectivity index (χ1v) is 15.0. The van der Waals surface area contributed by atoms with Gasteiger partial charge in [-0.2, -0.15) is 0 Å². The number of hydrogen-bond donors (Lipinski definition) is 0. The van der Waals surface area contributed by atoms with Crippen LogP contribution in [-0.4, -0.2) is 0 Å². The molecule has 0 N–H and O–H groups in total. The van der Waals surface area contributed by atoms with Crippen molar-refractivity contribution in [2.75, 3.05) is 0 Å². The third kappa shape index (κ3) is 29.7. The maximum Gasteiger partial charge on any atom is -0.0351 e. The van der Waals surface area contributed by atoms with Crippen molar-refractivity contribution in [3.63, 3.8) is 0 Å². The van der Waals surface area contributed by atoms with E-state index in [1.165, 1.54) is 173 Å². The van der Waals surface area contributed by atoms with E-state index in [0.717, 1.165) is 0 Å². The Kier molecular flexibility index (Phi) is 29.5. The Balaban J connectivity index is 2.99. The predicted octanol–water partition coefficient (Wildman–Crippen LogP) is 12.1. The highest BCUT2D eigenvalue weighted by molar-refractivity contribution is 4.76. The maximum absolute atomic E-state index is 2.30. The van der Waals surface area contributed by atoms with Gasteiger partial charge in [0.1, 0.15) is 0 Å². The van der Waals surface area contributed by atoms with Gasteiger partial charge in [0.05, 0.1) is 0 Å². The summed E-state index contributed by atoms with van der Waals surface area (Å²) in [6.45, 7) is 4.43. The third-order valence-electron chi connectivity index (χ3n) is 6.96. The van der Waals surface area contributed by atoms with Crippen molar-refractivity contribution in [3.05, 3.63) is 12.2 Å². The van der Waals surface area contributed by atoms with Crippen molar-refractivity contribution in [1.29, 1.82) is 0 Å². The second-order valence-corrected chi connectivity index (χ2v) is 10.2. The summed E-state index contributed by atoms with van der Waals surface area (Å²) >= 11 is 0. The summed E-state index contributed by atoms with van der Waals surface area (Å²) in [6.07, 6.45) is 44.1. The summed E-state index contributed by atoms with van der Waals surface area (Å²) in [5.74, 6) is 0. The van der Waals surface area contributed by atoms with Crippen molar-refractivity contribution >= 4 is 0 Å². The van der Waals surface area contributed by atoms with Crippen LogP contribution in [0.4, 0.5) is 0 Å². The van der Waals surface area contributed by atoms with Crippen LogP contribution in [0.15, 0.2) is 12.2 Å². The molecule has 0 aromatic carbocycles. The van der Waals surface area contributed by atoms with Crippen LogP contribution in [0, 0.1) is 0 Å². The molecule has 0 radical (unpaired) electrons. The number of rotatable bonds is 27. The highest BCUT2D eigenvalue weighted by atomic mass is 14.0. The van der Waals surface area contributed by atoms with Gasteiger partial charge in [-0.1, -0.05) is 180 Å². The van der Waals surface area contributed by atoms with E-state index in [-0.39, 0.29) is 0 Å². The first-order valence-electron chi connectivity index (χ1n) is 15.0. The Hall–Kier alpha value is -0.260. The lowest BCUT2D eigenvalue weighted by atomic mass is 10.0. The molecule has 0 fully saturated rings. The quantitative estimate of drug-likeness (QED) is 0.0890. The monoisotopic (exact) mass is 434 g/mol. The summed E-state index contributed by atoms with van der Waals surface area (Å²) in [7, 11) is 0. The Morgan fingerprint density at radius 2 is 0.548 bits per heavy atom. The van der Waals surface area contributed by atoms with Crippen LogP contribution in [-0.2, 0) is 0 Å². The molecule has 0 aliphatic rings. The lowest BCUT2D eigenvalue weighted by Crippen LogP contribution is -1.84. The SMILES string of the molecule is CC=CCCCCCCCCCCCCCCCCCCCCCCCCCCCC. The van der Waals surface area contributed by atoms with Gasteiger partial charge in [-0.3, -0.25) is 0 Å². The van der Waals surface area contributed by atoms with E-state index in [9.17, 15) is 0 Å². The highest BCUT2D eigenvalue weighted by Gasteiger charge is 1.96. The lowest BCUT2D eigenvalue weighted by molar-refractivity contribution is 0.515. The van der Waals surface area contributed by atoms with E-state index < -0.39 is 0 Å². The molecule has 0 aromatic heterocycles. The minimum absolute atomic E-state index is 1.29. The average molecular weight is 435 g/mol. The van der Waals surface area contributed by atoms with Crippen LogP contribution in [0.5, 0.6) is 0 Å². The smallest absolute Gasteiger partial charge is 0.0351 e. The fourth-order valence-electron chi connectivity index (χ4n) is 4.74. The second-order valence-electron chi connectivity index (χ2n) is 10.2. The third-order valence-corrected chi connectivity index (χ3v) is 6.96. The van der Waals surface area contributed by atoms with Crippen molar-refractivity contribution in [2.45, 2.75) is 187 Å². The van der Waals surface area contributed by atoms with Crippen molar-refractivity contribution in [1.82, 2.24) is 0 Å². The number of hydrogen-bond acceptors (Lipinski definition) is 0. The zero-order chi connectivity index (χ0) is 22.5. The average Bonchev–Trinajstić information content (AvgIpc) is 2.78. The minimum Gasteiger partial charge on any atom is -0.0917 e. The molecule has 0 heterocycles. The van der Waals surface area contributed by atoms with Gasteiger partial charge in [-0.25, -0.2) is 0 Å². The Bertz CT molecular complexity index is 316. The van der Waals surface area contributed by atoms with Crippen LogP contribution in [0.25, 0.3) is 0 Å². The lowest BCUT2D eigenvalue weighted by Gasteiger charge is -2.04. The molecule has 186 valence electrons. The molecule has 0 saturated carbocycles. The van der Waals surface area contributed by atoms with E-state index in [0.29, 0.717) is 0 Å². The Morgan fingerprint density at radius 3 is 0.774 bits per heavy atom. The highest BCUT2D eigenvalue weighted by Crippen LogP contribution is 2.16. The standard InChI is InChI=1S/C31H62/c1-3-5-7-9-11-13-15-17-19-21-23-25-27-29-31-30-28-26-24-22-20-18-16-14-12-10-8-6-4-2/h3,5H,4,6-31H2,1-2H3. The van der Waals surface area contributed by atoms with Crippen molar-refractivity contribution in [3.8, 4) is 0 Å². The molecule has 0 aromatic rings. The predicted molar refractivity (Wildman–Crippen MR) is 145 cm³/mol. The zero-order valence-corrected chi connectivity index (χ0v) is 22.2. The van der Waals surface area contributed by atoms with Crippen LogP contribution < -0.4 is 0 Å². The van der Waals surface area contributed by atoms with Gasteiger partial charge >= 0.3 is 0 Å². The molecule has 0 aliphatic carbocycles. The topological polar surface area (TPSA) is 0 Å². The molecule has 0 amide bonds. The molecule has 0 nitrogen and oxygen atoms in total. The van der Waals surface area contributed by atoms with E-state index in [1.807, 2.05) is 0 Å². The summed E-state index contributed by atoms with van der Waals surface area (Å²) in [5, 5.41) is 0. The number of allylic oxidation sites excluding steroid dienone is 2.